The lowest BCUT2D eigenvalue weighted by Gasteiger charge is -2.08. The third kappa shape index (κ3) is 6.85. The molecule has 0 amide bonds. The molecule has 0 atom stereocenters. The van der Waals surface area contributed by atoms with Crippen LogP contribution in [0.25, 0.3) is 66.6 Å². The van der Waals surface area contributed by atoms with E-state index in [1.807, 2.05) is 0 Å². The fourth-order valence-corrected chi connectivity index (χ4v) is 9.11. The van der Waals surface area contributed by atoms with Gasteiger partial charge in [0.25, 0.3) is 0 Å². The Balaban J connectivity index is 1.49. The minimum Gasteiger partial charge on any atom is -0.355 e. The standard InChI is InChI=1S/C52H53N8/c1-9-37-41-29-46-50(34-15-23-58(6)24-16-34)39(11-3)43(54-46)31-48-52(36-19-27-60(8)28-20-36)40(12-4)44(56-48)32-47-51(35-17-25-59(7)26-18-35)38(10-2)42(55-47)30-45(53-41)49(37)33-13-21-57(5)22-14-33/h13-32H,9-12H2,1-8H3,(H,53,54,55,56)/q+3/p+1. The second-order valence-electron chi connectivity index (χ2n) is 16.1. The van der Waals surface area contributed by atoms with Crippen LogP contribution in [0.15, 0.2) is 122 Å². The van der Waals surface area contributed by atoms with Crippen LogP contribution in [0.3, 0.4) is 0 Å². The maximum atomic E-state index is 5.56. The molecular formula is C52H54N8+4. The fourth-order valence-electron chi connectivity index (χ4n) is 9.11. The summed E-state index contributed by atoms with van der Waals surface area (Å²) in [5.41, 5.74) is 22.4. The highest BCUT2D eigenvalue weighted by Gasteiger charge is 2.27. The maximum Gasteiger partial charge on any atom is 0.169 e. The van der Waals surface area contributed by atoms with Gasteiger partial charge in [-0.15, -0.1) is 0 Å². The van der Waals surface area contributed by atoms with Crippen molar-refractivity contribution < 1.29 is 18.3 Å². The van der Waals surface area contributed by atoms with Gasteiger partial charge in [-0.2, -0.15) is 0 Å². The number of hydrogen-bond acceptors (Lipinski definition) is 2. The number of aromatic amines is 2. The second-order valence-corrected chi connectivity index (χ2v) is 16.1. The monoisotopic (exact) mass is 790 g/mol. The van der Waals surface area contributed by atoms with Crippen LogP contribution in [0.5, 0.6) is 0 Å². The van der Waals surface area contributed by atoms with Crippen molar-refractivity contribution in [1.29, 1.82) is 0 Å². The molecule has 9 rings (SSSR count). The van der Waals surface area contributed by atoms with Crippen molar-refractivity contribution in [2.24, 2.45) is 28.2 Å². The largest absolute Gasteiger partial charge is 0.355 e. The van der Waals surface area contributed by atoms with E-state index in [0.29, 0.717) is 0 Å². The molecular weight excluding hydrogens is 737 g/mol. The second kappa shape index (κ2) is 15.8. The molecule has 298 valence electrons. The number of hydrogen-bond donors (Lipinski definition) is 2. The molecule has 0 saturated carbocycles. The number of aromatic nitrogens is 8. The van der Waals surface area contributed by atoms with Gasteiger partial charge < -0.3 is 9.97 Å². The first-order valence-corrected chi connectivity index (χ1v) is 21.3. The van der Waals surface area contributed by atoms with E-state index in [1.54, 1.807) is 0 Å². The first-order valence-electron chi connectivity index (χ1n) is 21.3. The van der Waals surface area contributed by atoms with Gasteiger partial charge in [0, 0.05) is 92.9 Å². The van der Waals surface area contributed by atoms with E-state index in [9.17, 15) is 0 Å². The molecule has 0 spiro atoms. The van der Waals surface area contributed by atoms with Crippen molar-refractivity contribution >= 4 is 44.4 Å². The lowest BCUT2D eigenvalue weighted by molar-refractivity contribution is -0.671. The summed E-state index contributed by atoms with van der Waals surface area (Å²) in [6.07, 6.45) is 20.4. The molecule has 0 aromatic carbocycles. The van der Waals surface area contributed by atoms with Crippen molar-refractivity contribution in [3.05, 3.63) is 167 Å². The maximum absolute atomic E-state index is 5.56. The fraction of sp³-hybridized carbons (Fsp3) is 0.231. The van der Waals surface area contributed by atoms with Gasteiger partial charge in [0.15, 0.2) is 49.6 Å². The Kier molecular flexibility index (Phi) is 10.2. The zero-order valence-corrected chi connectivity index (χ0v) is 36.1. The molecule has 8 bridgehead atoms. The first kappa shape index (κ1) is 38.7. The van der Waals surface area contributed by atoms with Crippen LogP contribution in [0, 0.1) is 0 Å². The molecule has 0 fully saturated rings. The van der Waals surface area contributed by atoms with Gasteiger partial charge in [0.2, 0.25) is 0 Å². The molecule has 0 radical (unpaired) electrons. The highest BCUT2D eigenvalue weighted by molar-refractivity contribution is 6.04. The molecule has 2 N–H and O–H groups in total. The highest BCUT2D eigenvalue weighted by atomic mass is 14.9. The molecule has 7 aromatic heterocycles. The van der Waals surface area contributed by atoms with E-state index >= 15 is 0 Å². The lowest BCUT2D eigenvalue weighted by Crippen LogP contribution is -2.25. The van der Waals surface area contributed by atoms with E-state index in [2.05, 4.69) is 206 Å². The molecule has 2 aliphatic rings. The number of aryl methyl sites for hydroxylation is 6. The number of nitrogens with one attached hydrogen (secondary N) is 2. The SMILES string of the molecule is CCC1=C(c2cc[n+](C)cc2)c2cc3nc(cc4[nH]c(cc5[nH]c(cc1n2)c(-c1cc[n+](C)cc1)c5CC)c(-c1cc[n+](C)cc1)c4CC)C(c1cc[n+](C)cc1)=C3CC. The quantitative estimate of drug-likeness (QED) is 0.151. The van der Waals surface area contributed by atoms with Gasteiger partial charge in [-0.05, 0) is 94.5 Å². The summed E-state index contributed by atoms with van der Waals surface area (Å²) < 4.78 is 8.35. The third-order valence-corrected chi connectivity index (χ3v) is 12.2. The predicted molar refractivity (Wildman–Crippen MR) is 241 cm³/mol. The van der Waals surface area contributed by atoms with Crippen molar-refractivity contribution in [2.75, 3.05) is 0 Å². The van der Waals surface area contributed by atoms with Gasteiger partial charge in [0.05, 0.1) is 22.8 Å². The molecule has 7 aromatic rings. The number of rotatable bonds is 8. The summed E-state index contributed by atoms with van der Waals surface area (Å²) in [5, 5.41) is 0. The van der Waals surface area contributed by atoms with Gasteiger partial charge in [-0.1, -0.05) is 27.7 Å². The molecule has 0 aliphatic carbocycles. The molecule has 2 aliphatic heterocycles. The Morgan fingerprint density at radius 1 is 0.383 bits per heavy atom. The minimum absolute atomic E-state index is 0.819. The molecule has 8 heteroatoms. The average Bonchev–Trinajstić information content (AvgIpc) is 3.98. The molecule has 60 heavy (non-hydrogen) atoms. The smallest absolute Gasteiger partial charge is 0.169 e. The number of nitrogens with zero attached hydrogens (tertiary/aromatic N) is 6. The minimum atomic E-state index is 0.819. The van der Waals surface area contributed by atoms with Crippen molar-refractivity contribution in [3.8, 4) is 22.3 Å². The zero-order chi connectivity index (χ0) is 41.7. The van der Waals surface area contributed by atoms with E-state index in [1.165, 1.54) is 44.5 Å². The summed E-state index contributed by atoms with van der Waals surface area (Å²) in [6.45, 7) is 9.00. The van der Waals surface area contributed by atoms with Crippen molar-refractivity contribution in [1.82, 2.24) is 19.9 Å². The molecule has 0 saturated heterocycles. The number of pyridine rings is 4. The Bertz CT molecular complexity index is 3020. The van der Waals surface area contributed by atoms with Crippen LogP contribution in [-0.2, 0) is 41.0 Å². The third-order valence-electron chi connectivity index (χ3n) is 12.2. The lowest BCUT2D eigenvalue weighted by atomic mass is 9.94. The van der Waals surface area contributed by atoms with Crippen LogP contribution in [-0.4, -0.2) is 19.9 Å². The molecule has 9 heterocycles. The summed E-state index contributed by atoms with van der Waals surface area (Å²) in [5.74, 6) is 0. The van der Waals surface area contributed by atoms with E-state index in [4.69, 9.17) is 9.97 Å². The molecule has 8 nitrogen and oxygen atoms in total. The summed E-state index contributed by atoms with van der Waals surface area (Å²) >= 11 is 0. The van der Waals surface area contributed by atoms with Gasteiger partial charge in [-0.3, -0.25) is 0 Å². The Morgan fingerprint density at radius 3 is 1.12 bits per heavy atom. The number of H-pyrrole nitrogens is 2. The van der Waals surface area contributed by atoms with Gasteiger partial charge >= 0.3 is 0 Å². The van der Waals surface area contributed by atoms with Crippen molar-refractivity contribution in [2.45, 2.75) is 53.4 Å². The first-order chi connectivity index (χ1) is 29.2. The Morgan fingerprint density at radius 2 is 0.717 bits per heavy atom. The normalized spacial score (nSPS) is 12.8. The average molecular weight is 791 g/mol. The van der Waals surface area contributed by atoms with Gasteiger partial charge in [-0.25, -0.2) is 28.2 Å². The van der Waals surface area contributed by atoms with Crippen LogP contribution in [0.1, 0.15) is 85.6 Å². The van der Waals surface area contributed by atoms with Crippen LogP contribution in [0.4, 0.5) is 0 Å². The van der Waals surface area contributed by atoms with E-state index in [0.717, 1.165) is 92.8 Å². The predicted octanol–water partition coefficient (Wildman–Crippen LogP) is 8.81. The number of allylic oxidation sites excluding steroid dienone is 2. The van der Waals surface area contributed by atoms with E-state index < -0.39 is 0 Å². The Labute approximate surface area is 352 Å². The highest BCUT2D eigenvalue weighted by Crippen LogP contribution is 2.43. The number of fused-ring (bicyclic) bond motifs is 8. The summed E-state index contributed by atoms with van der Waals surface area (Å²) in [4.78, 5) is 19.1. The van der Waals surface area contributed by atoms with E-state index in [-0.39, 0.29) is 0 Å². The topological polar surface area (TPSA) is 72.9 Å². The van der Waals surface area contributed by atoms with Crippen LogP contribution < -0.4 is 18.3 Å². The molecule has 0 unspecified atom stereocenters. The summed E-state index contributed by atoms with van der Waals surface area (Å²) in [6, 6.07) is 26.9. The van der Waals surface area contributed by atoms with Gasteiger partial charge in [0.1, 0.15) is 28.2 Å². The van der Waals surface area contributed by atoms with Crippen molar-refractivity contribution in [3.63, 3.8) is 0 Å². The Hall–Kier alpha value is -6.80. The summed E-state index contributed by atoms with van der Waals surface area (Å²) in [7, 11) is 8.26. The zero-order valence-electron chi connectivity index (χ0n) is 36.1. The van der Waals surface area contributed by atoms with Crippen LogP contribution >= 0.6 is 0 Å². The van der Waals surface area contributed by atoms with Crippen LogP contribution in [0.2, 0.25) is 0 Å².